The highest BCUT2D eigenvalue weighted by atomic mass is 16.2. The molecule has 8 nitrogen and oxygen atoms in total. The molecule has 2 amide bonds. The highest BCUT2D eigenvalue weighted by Crippen LogP contribution is 1.95. The van der Waals surface area contributed by atoms with Gasteiger partial charge in [0.1, 0.15) is 0 Å². The van der Waals surface area contributed by atoms with Crippen LogP contribution in [0.25, 0.3) is 0 Å². The Bertz CT molecular complexity index is 501. The predicted molar refractivity (Wildman–Crippen MR) is 92.7 cm³/mol. The molecule has 24 heavy (non-hydrogen) atoms. The van der Waals surface area contributed by atoms with Gasteiger partial charge in [0, 0.05) is 70.4 Å². The van der Waals surface area contributed by atoms with E-state index in [9.17, 15) is 9.59 Å². The van der Waals surface area contributed by atoms with Gasteiger partial charge in [-0.15, -0.1) is 0 Å². The molecule has 1 aromatic rings. The molecule has 0 aliphatic rings. The summed E-state index contributed by atoms with van der Waals surface area (Å²) in [6.07, 6.45) is 10.2. The third-order valence-electron chi connectivity index (χ3n) is 3.36. The van der Waals surface area contributed by atoms with Crippen LogP contribution in [-0.4, -0.2) is 52.4 Å². The first-order valence-corrected chi connectivity index (χ1v) is 8.27. The minimum Gasteiger partial charge on any atom is -0.403 e. The van der Waals surface area contributed by atoms with Crippen LogP contribution in [0.15, 0.2) is 31.1 Å². The molecule has 0 spiro atoms. The summed E-state index contributed by atoms with van der Waals surface area (Å²) in [5.74, 6) is -0.0747. The van der Waals surface area contributed by atoms with Crippen LogP contribution in [0.4, 0.5) is 0 Å². The van der Waals surface area contributed by atoms with Crippen molar-refractivity contribution in [2.75, 3.05) is 26.2 Å². The largest absolute Gasteiger partial charge is 0.403 e. The van der Waals surface area contributed by atoms with Crippen molar-refractivity contribution in [3.05, 3.63) is 31.1 Å². The third kappa shape index (κ3) is 8.82. The molecule has 8 heteroatoms. The van der Waals surface area contributed by atoms with E-state index < -0.39 is 0 Å². The number of aryl methyl sites for hydroxylation is 1. The normalized spacial score (nSPS) is 10.7. The van der Waals surface area contributed by atoms with E-state index in [1.807, 2.05) is 15.7 Å². The van der Waals surface area contributed by atoms with Crippen LogP contribution >= 0.6 is 0 Å². The molecule has 0 aliphatic heterocycles. The van der Waals surface area contributed by atoms with Gasteiger partial charge in [0.15, 0.2) is 0 Å². The maximum atomic E-state index is 11.8. The number of hydrogen-bond donors (Lipinski definition) is 3. The van der Waals surface area contributed by atoms with Crippen LogP contribution in [0.1, 0.15) is 26.2 Å². The van der Waals surface area contributed by atoms with Gasteiger partial charge in [-0.25, -0.2) is 4.98 Å². The number of nitrogens with two attached hydrogens (primary N) is 1. The number of nitrogens with one attached hydrogen (secondary N) is 2. The van der Waals surface area contributed by atoms with Gasteiger partial charge in [-0.1, -0.05) is 6.92 Å². The van der Waals surface area contributed by atoms with E-state index >= 15 is 0 Å². The van der Waals surface area contributed by atoms with Crippen molar-refractivity contribution in [3.8, 4) is 0 Å². The van der Waals surface area contributed by atoms with Gasteiger partial charge in [0.2, 0.25) is 11.8 Å². The van der Waals surface area contributed by atoms with E-state index in [2.05, 4.69) is 22.5 Å². The smallest absolute Gasteiger partial charge is 0.221 e. The van der Waals surface area contributed by atoms with Crippen LogP contribution in [0, 0.1) is 0 Å². The Morgan fingerprint density at radius 2 is 1.92 bits per heavy atom. The molecule has 0 bridgehead atoms. The SMILES string of the molecule is CCCN(/C=C\N)CCC(=O)NCCNC(=O)CCn1ccnc1. The van der Waals surface area contributed by atoms with Gasteiger partial charge in [-0.2, -0.15) is 0 Å². The molecule has 1 rings (SSSR count). The molecule has 0 radical (unpaired) electrons. The standard InChI is InChI=1S/C16H28N6O2/c1-2-9-21(12-5-17)10-3-15(23)19-6-7-20-16(24)4-11-22-13-8-18-14-22/h5,8,12-14H,2-4,6-7,9-11,17H2,1H3,(H,19,23)(H,20,24)/b12-5-. The van der Waals surface area contributed by atoms with E-state index in [1.165, 1.54) is 6.20 Å². The van der Waals surface area contributed by atoms with Crippen molar-refractivity contribution in [2.45, 2.75) is 32.7 Å². The molecule has 0 unspecified atom stereocenters. The maximum Gasteiger partial charge on any atom is 0.221 e. The van der Waals surface area contributed by atoms with E-state index in [4.69, 9.17) is 5.73 Å². The summed E-state index contributed by atoms with van der Waals surface area (Å²) >= 11 is 0. The molecule has 134 valence electrons. The number of rotatable bonds is 12. The number of imidazole rings is 1. The zero-order valence-corrected chi connectivity index (χ0v) is 14.3. The lowest BCUT2D eigenvalue weighted by Gasteiger charge is -2.18. The van der Waals surface area contributed by atoms with Crippen molar-refractivity contribution in [2.24, 2.45) is 5.73 Å². The first kappa shape index (κ1) is 19.5. The Morgan fingerprint density at radius 3 is 2.50 bits per heavy atom. The number of aromatic nitrogens is 2. The first-order valence-electron chi connectivity index (χ1n) is 8.27. The second-order valence-electron chi connectivity index (χ2n) is 5.38. The molecule has 0 fully saturated rings. The van der Waals surface area contributed by atoms with Gasteiger partial charge in [-0.05, 0) is 6.42 Å². The summed E-state index contributed by atoms with van der Waals surface area (Å²) in [7, 11) is 0. The lowest BCUT2D eigenvalue weighted by Crippen LogP contribution is -2.36. The van der Waals surface area contributed by atoms with E-state index in [0.717, 1.165) is 13.0 Å². The number of amides is 2. The lowest BCUT2D eigenvalue weighted by molar-refractivity contribution is -0.123. The molecule has 1 heterocycles. The Kier molecular flexibility index (Phi) is 9.75. The molecule has 4 N–H and O–H groups in total. The van der Waals surface area contributed by atoms with Gasteiger partial charge >= 0.3 is 0 Å². The van der Waals surface area contributed by atoms with Crippen molar-refractivity contribution < 1.29 is 9.59 Å². The quantitative estimate of drug-likeness (QED) is 0.467. The lowest BCUT2D eigenvalue weighted by atomic mass is 10.3. The topological polar surface area (TPSA) is 105 Å². The van der Waals surface area contributed by atoms with Crippen LogP contribution in [0.5, 0.6) is 0 Å². The van der Waals surface area contributed by atoms with E-state index in [1.54, 1.807) is 18.7 Å². The monoisotopic (exact) mass is 336 g/mol. The average Bonchev–Trinajstić information content (AvgIpc) is 3.08. The van der Waals surface area contributed by atoms with Crippen molar-refractivity contribution in [1.29, 1.82) is 0 Å². The summed E-state index contributed by atoms with van der Waals surface area (Å²) in [5.41, 5.74) is 5.38. The van der Waals surface area contributed by atoms with Crippen molar-refractivity contribution in [1.82, 2.24) is 25.1 Å². The summed E-state index contributed by atoms with van der Waals surface area (Å²) in [6, 6.07) is 0. The van der Waals surface area contributed by atoms with Gasteiger partial charge in [-0.3, -0.25) is 9.59 Å². The third-order valence-corrected chi connectivity index (χ3v) is 3.36. The van der Waals surface area contributed by atoms with Crippen molar-refractivity contribution in [3.63, 3.8) is 0 Å². The fourth-order valence-corrected chi connectivity index (χ4v) is 2.15. The van der Waals surface area contributed by atoms with Crippen LogP contribution in [0.2, 0.25) is 0 Å². The zero-order valence-electron chi connectivity index (χ0n) is 14.3. The molecule has 1 aromatic heterocycles. The van der Waals surface area contributed by atoms with Crippen LogP contribution < -0.4 is 16.4 Å². The molecule has 0 atom stereocenters. The maximum absolute atomic E-state index is 11.8. The minimum atomic E-state index is -0.0415. The Balaban J connectivity index is 2.06. The first-order chi connectivity index (χ1) is 11.7. The van der Waals surface area contributed by atoms with Crippen LogP contribution in [0.3, 0.4) is 0 Å². The number of hydrogen-bond acceptors (Lipinski definition) is 5. The zero-order chi connectivity index (χ0) is 17.6. The second-order valence-corrected chi connectivity index (χ2v) is 5.38. The number of nitrogens with zero attached hydrogens (tertiary/aromatic N) is 3. The predicted octanol–water partition coefficient (Wildman–Crippen LogP) is 0.0376. The Hall–Kier alpha value is -2.51. The van der Waals surface area contributed by atoms with E-state index in [0.29, 0.717) is 39.0 Å². The Morgan fingerprint density at radius 1 is 1.21 bits per heavy atom. The fourth-order valence-electron chi connectivity index (χ4n) is 2.15. The molecular formula is C16H28N6O2. The molecule has 0 saturated carbocycles. The highest BCUT2D eigenvalue weighted by molar-refractivity contribution is 5.77. The Labute approximate surface area is 143 Å². The van der Waals surface area contributed by atoms with Gasteiger partial charge in [0.25, 0.3) is 0 Å². The summed E-state index contributed by atoms with van der Waals surface area (Å²) < 4.78 is 1.85. The molecular weight excluding hydrogens is 308 g/mol. The van der Waals surface area contributed by atoms with Gasteiger partial charge in [0.05, 0.1) is 6.33 Å². The second kappa shape index (κ2) is 12.0. The minimum absolute atomic E-state index is 0.0332. The average molecular weight is 336 g/mol. The summed E-state index contributed by atoms with van der Waals surface area (Å²) in [5, 5.41) is 5.58. The molecule has 0 aromatic carbocycles. The van der Waals surface area contributed by atoms with Gasteiger partial charge < -0.3 is 25.8 Å². The summed E-state index contributed by atoms with van der Waals surface area (Å²) in [4.78, 5) is 29.4. The molecule has 0 saturated heterocycles. The summed E-state index contributed by atoms with van der Waals surface area (Å²) in [6.45, 7) is 5.03. The number of carbonyl (C=O) groups is 2. The molecule has 0 aliphatic carbocycles. The fraction of sp³-hybridized carbons (Fsp3) is 0.562. The highest BCUT2D eigenvalue weighted by Gasteiger charge is 2.05. The van der Waals surface area contributed by atoms with E-state index in [-0.39, 0.29) is 11.8 Å². The number of carbonyl (C=O) groups excluding carboxylic acids is 2. The van der Waals surface area contributed by atoms with Crippen LogP contribution in [-0.2, 0) is 16.1 Å². The van der Waals surface area contributed by atoms with Crippen molar-refractivity contribution >= 4 is 11.8 Å².